The Morgan fingerprint density at radius 1 is 1.04 bits per heavy atom. The summed E-state index contributed by atoms with van der Waals surface area (Å²) in [6, 6.07) is 13.5. The quantitative estimate of drug-likeness (QED) is 0.745. The zero-order valence-electron chi connectivity index (χ0n) is 12.7. The van der Waals surface area contributed by atoms with Gasteiger partial charge in [-0.05, 0) is 18.9 Å². The number of rotatable bonds is 3. The number of carbonyl (C=O) groups excluding carboxylic acids is 1. The van der Waals surface area contributed by atoms with E-state index in [-0.39, 0.29) is 5.91 Å². The predicted octanol–water partition coefficient (Wildman–Crippen LogP) is 3.37. The third-order valence-electron chi connectivity index (χ3n) is 4.10. The molecule has 1 aliphatic heterocycles. The van der Waals surface area contributed by atoms with Crippen molar-refractivity contribution in [1.82, 2.24) is 14.5 Å². The summed E-state index contributed by atoms with van der Waals surface area (Å²) in [5.41, 5.74) is 1.92. The summed E-state index contributed by atoms with van der Waals surface area (Å²) in [4.78, 5) is 18.6. The molecule has 1 aromatic carbocycles. The molecule has 1 aliphatic rings. The van der Waals surface area contributed by atoms with Crippen LogP contribution in [0.5, 0.6) is 0 Å². The number of carbonyl (C=O) groups is 1. The monoisotopic (exact) mass is 307 g/mol. The van der Waals surface area contributed by atoms with Gasteiger partial charge in [0, 0.05) is 30.9 Å². The Morgan fingerprint density at radius 2 is 1.83 bits per heavy atom. The second-order valence-corrected chi connectivity index (χ2v) is 5.67. The van der Waals surface area contributed by atoms with E-state index in [9.17, 15) is 4.79 Å². The molecular formula is C18H17N3O2. The Bertz CT molecular complexity index is 814. The maximum atomic E-state index is 12.3. The van der Waals surface area contributed by atoms with Crippen LogP contribution in [-0.2, 0) is 0 Å². The van der Waals surface area contributed by atoms with Crippen LogP contribution in [0.1, 0.15) is 23.4 Å². The number of hydrogen-bond donors (Lipinski definition) is 0. The Hall–Kier alpha value is -2.82. The van der Waals surface area contributed by atoms with E-state index in [4.69, 9.17) is 4.42 Å². The van der Waals surface area contributed by atoms with Gasteiger partial charge >= 0.3 is 0 Å². The third-order valence-corrected chi connectivity index (χ3v) is 4.10. The minimum Gasteiger partial charge on any atom is -0.435 e. The molecule has 116 valence electrons. The van der Waals surface area contributed by atoms with E-state index in [2.05, 4.69) is 4.98 Å². The van der Waals surface area contributed by atoms with Gasteiger partial charge in [0.15, 0.2) is 5.76 Å². The van der Waals surface area contributed by atoms with E-state index in [1.165, 1.54) is 0 Å². The average Bonchev–Trinajstić information content (AvgIpc) is 3.35. The number of aromatic nitrogens is 2. The average molecular weight is 307 g/mol. The molecule has 5 nitrogen and oxygen atoms in total. The second-order valence-electron chi connectivity index (χ2n) is 5.67. The van der Waals surface area contributed by atoms with E-state index in [1.54, 1.807) is 23.0 Å². The molecule has 1 saturated heterocycles. The maximum Gasteiger partial charge on any atom is 0.289 e. The summed E-state index contributed by atoms with van der Waals surface area (Å²) in [7, 11) is 0. The molecule has 0 radical (unpaired) electrons. The highest BCUT2D eigenvalue weighted by atomic mass is 16.4. The van der Waals surface area contributed by atoms with Crippen LogP contribution in [-0.4, -0.2) is 33.4 Å². The molecule has 1 fully saturated rings. The first-order valence-electron chi connectivity index (χ1n) is 7.80. The number of imidazole rings is 1. The molecule has 0 spiro atoms. The molecule has 0 N–H and O–H groups in total. The van der Waals surface area contributed by atoms with Gasteiger partial charge in [-0.2, -0.15) is 0 Å². The highest BCUT2D eigenvalue weighted by Gasteiger charge is 2.22. The van der Waals surface area contributed by atoms with Crippen molar-refractivity contribution in [3.8, 4) is 17.1 Å². The molecule has 1 amide bonds. The molecule has 3 heterocycles. The molecule has 0 bridgehead atoms. The number of amides is 1. The predicted molar refractivity (Wildman–Crippen MR) is 86.4 cm³/mol. The summed E-state index contributed by atoms with van der Waals surface area (Å²) in [6.07, 6.45) is 5.74. The molecule has 5 heteroatoms. The molecule has 0 aliphatic carbocycles. The van der Waals surface area contributed by atoms with Crippen LogP contribution >= 0.6 is 0 Å². The summed E-state index contributed by atoms with van der Waals surface area (Å²) in [6.45, 7) is 1.64. The lowest BCUT2D eigenvalue weighted by atomic mass is 10.2. The van der Waals surface area contributed by atoms with Crippen LogP contribution in [0, 0.1) is 0 Å². The van der Waals surface area contributed by atoms with Crippen molar-refractivity contribution >= 4 is 5.91 Å². The molecule has 0 unspecified atom stereocenters. The van der Waals surface area contributed by atoms with E-state index >= 15 is 0 Å². The fraction of sp³-hybridized carbons (Fsp3) is 0.222. The molecular weight excluding hydrogens is 290 g/mol. The molecule has 3 aromatic rings. The van der Waals surface area contributed by atoms with E-state index in [1.807, 2.05) is 41.4 Å². The minimum absolute atomic E-state index is 0.0304. The van der Waals surface area contributed by atoms with Gasteiger partial charge in [0.05, 0.1) is 5.69 Å². The fourth-order valence-electron chi connectivity index (χ4n) is 2.86. The zero-order chi connectivity index (χ0) is 15.6. The van der Waals surface area contributed by atoms with Crippen molar-refractivity contribution in [2.24, 2.45) is 0 Å². The molecule has 4 rings (SSSR count). The number of likely N-dealkylation sites (tertiary alicyclic amines) is 1. The maximum absolute atomic E-state index is 12.3. The van der Waals surface area contributed by atoms with Gasteiger partial charge in [0.25, 0.3) is 5.91 Å². The summed E-state index contributed by atoms with van der Waals surface area (Å²) < 4.78 is 7.52. The molecule has 0 saturated carbocycles. The van der Waals surface area contributed by atoms with Gasteiger partial charge in [-0.25, -0.2) is 4.98 Å². The standard InChI is InChI=1S/C18H17N3O2/c22-18(20-10-4-5-11-20)16-8-9-17(23-16)21-12-15(19-13-21)14-6-2-1-3-7-14/h1-3,6-9,12-13H,4-5,10-11H2. The molecule has 2 aromatic heterocycles. The smallest absolute Gasteiger partial charge is 0.289 e. The molecule has 0 atom stereocenters. The normalized spacial score (nSPS) is 14.3. The highest BCUT2D eigenvalue weighted by Crippen LogP contribution is 2.21. The number of hydrogen-bond acceptors (Lipinski definition) is 3. The first-order chi connectivity index (χ1) is 11.3. The summed E-state index contributed by atoms with van der Waals surface area (Å²) in [5, 5.41) is 0. The second kappa shape index (κ2) is 5.76. The molecule has 23 heavy (non-hydrogen) atoms. The number of benzene rings is 1. The largest absolute Gasteiger partial charge is 0.435 e. The lowest BCUT2D eigenvalue weighted by Gasteiger charge is -2.12. The van der Waals surface area contributed by atoms with Crippen molar-refractivity contribution in [3.05, 3.63) is 60.7 Å². The van der Waals surface area contributed by atoms with Crippen molar-refractivity contribution < 1.29 is 9.21 Å². The van der Waals surface area contributed by atoms with E-state index in [0.29, 0.717) is 11.6 Å². The van der Waals surface area contributed by atoms with Gasteiger partial charge in [-0.1, -0.05) is 30.3 Å². The third kappa shape index (κ3) is 2.65. The van der Waals surface area contributed by atoms with E-state index < -0.39 is 0 Å². The lowest BCUT2D eigenvalue weighted by Crippen LogP contribution is -2.27. The first kappa shape index (κ1) is 13.8. The minimum atomic E-state index is -0.0304. The first-order valence-corrected chi connectivity index (χ1v) is 7.80. The SMILES string of the molecule is O=C(c1ccc(-n2cnc(-c3ccccc3)c2)o1)N1CCCC1. The van der Waals surface area contributed by atoms with Crippen LogP contribution in [0.2, 0.25) is 0 Å². The van der Waals surface area contributed by atoms with Gasteiger partial charge in [0.1, 0.15) is 6.33 Å². The van der Waals surface area contributed by atoms with Crippen molar-refractivity contribution in [3.63, 3.8) is 0 Å². The Kier molecular flexibility index (Phi) is 3.46. The highest BCUT2D eigenvalue weighted by molar-refractivity contribution is 5.91. The van der Waals surface area contributed by atoms with Crippen molar-refractivity contribution in [2.45, 2.75) is 12.8 Å². The van der Waals surface area contributed by atoms with Crippen LogP contribution in [0.4, 0.5) is 0 Å². The Balaban J connectivity index is 1.57. The topological polar surface area (TPSA) is 51.3 Å². The van der Waals surface area contributed by atoms with Crippen LogP contribution < -0.4 is 0 Å². The van der Waals surface area contributed by atoms with Gasteiger partial charge in [-0.15, -0.1) is 0 Å². The van der Waals surface area contributed by atoms with Crippen LogP contribution in [0.15, 0.2) is 59.4 Å². The van der Waals surface area contributed by atoms with Crippen molar-refractivity contribution in [2.75, 3.05) is 13.1 Å². The van der Waals surface area contributed by atoms with Crippen LogP contribution in [0.3, 0.4) is 0 Å². The fourth-order valence-corrected chi connectivity index (χ4v) is 2.86. The van der Waals surface area contributed by atoms with Gasteiger partial charge in [0.2, 0.25) is 5.88 Å². The lowest BCUT2D eigenvalue weighted by molar-refractivity contribution is 0.0761. The van der Waals surface area contributed by atoms with Gasteiger partial charge < -0.3 is 9.32 Å². The van der Waals surface area contributed by atoms with E-state index in [0.717, 1.165) is 37.2 Å². The Morgan fingerprint density at radius 3 is 2.61 bits per heavy atom. The summed E-state index contributed by atoms with van der Waals surface area (Å²) in [5.74, 6) is 0.955. The number of nitrogens with zero attached hydrogens (tertiary/aromatic N) is 3. The van der Waals surface area contributed by atoms with Crippen molar-refractivity contribution in [1.29, 1.82) is 0 Å². The van der Waals surface area contributed by atoms with Gasteiger partial charge in [-0.3, -0.25) is 9.36 Å². The number of furan rings is 1. The van der Waals surface area contributed by atoms with Crippen LogP contribution in [0.25, 0.3) is 17.1 Å². The Labute approximate surface area is 134 Å². The zero-order valence-corrected chi connectivity index (χ0v) is 12.7. The summed E-state index contributed by atoms with van der Waals surface area (Å²) >= 11 is 0.